The highest BCUT2D eigenvalue weighted by Gasteiger charge is 2.46. The lowest BCUT2D eigenvalue weighted by Crippen LogP contribution is -2.60. The van der Waals surface area contributed by atoms with Gasteiger partial charge in [-0.05, 0) is 6.42 Å². The third-order valence-corrected chi connectivity index (χ3v) is 2.95. The molecule has 0 aromatic carbocycles. The fourth-order valence-electron chi connectivity index (χ4n) is 1.63. The summed E-state index contributed by atoms with van der Waals surface area (Å²) in [4.78, 5) is 10.2. The number of ether oxygens (including phenoxy) is 1. The molecule has 0 saturated heterocycles. The van der Waals surface area contributed by atoms with Gasteiger partial charge in [-0.2, -0.15) is 0 Å². The number of hydrogen-bond donors (Lipinski definition) is 3. The van der Waals surface area contributed by atoms with E-state index in [9.17, 15) is 9.90 Å². The van der Waals surface area contributed by atoms with Crippen LogP contribution in [0.5, 0.6) is 0 Å². The number of carbonyl (C=O) groups is 1. The fraction of sp³-hybridized carbons (Fsp3) is 0.889. The van der Waals surface area contributed by atoms with Crippen LogP contribution in [0.15, 0.2) is 0 Å². The van der Waals surface area contributed by atoms with Gasteiger partial charge < -0.3 is 20.9 Å². The molecule has 2 atom stereocenters. The van der Waals surface area contributed by atoms with Crippen LogP contribution in [0.2, 0.25) is 0 Å². The average molecular weight is 202 g/mol. The lowest BCUT2D eigenvalue weighted by molar-refractivity contribution is -0.0730. The molecule has 0 aromatic heterocycles. The van der Waals surface area contributed by atoms with Crippen molar-refractivity contribution in [3.05, 3.63) is 0 Å². The van der Waals surface area contributed by atoms with Crippen molar-refractivity contribution < 1.29 is 14.6 Å². The van der Waals surface area contributed by atoms with Crippen molar-refractivity contribution in [2.24, 2.45) is 11.1 Å². The predicted molar refractivity (Wildman–Crippen MR) is 51.7 cm³/mol. The number of aliphatic hydroxyl groups is 1. The maximum absolute atomic E-state index is 10.2. The summed E-state index contributed by atoms with van der Waals surface area (Å²) in [5, 5.41) is 12.6. The molecular weight excluding hydrogens is 184 g/mol. The average Bonchev–Trinajstić information content (AvgIpc) is 2.10. The van der Waals surface area contributed by atoms with E-state index in [1.807, 2.05) is 13.8 Å². The summed E-state index contributed by atoms with van der Waals surface area (Å²) in [6.45, 7) is 4.86. The van der Waals surface area contributed by atoms with E-state index in [1.54, 1.807) is 0 Å². The van der Waals surface area contributed by atoms with Gasteiger partial charge in [0.15, 0.2) is 0 Å². The quantitative estimate of drug-likeness (QED) is 0.553. The van der Waals surface area contributed by atoms with Crippen LogP contribution >= 0.6 is 0 Å². The SMILES string of the molecule is CC1(C)C(O)CC1NCCOC(N)=O. The molecule has 1 rings (SSSR count). The summed E-state index contributed by atoms with van der Waals surface area (Å²) in [6, 6.07) is 0.286. The molecule has 5 nitrogen and oxygen atoms in total. The second-order valence-electron chi connectivity index (χ2n) is 4.25. The number of amides is 1. The van der Waals surface area contributed by atoms with E-state index in [2.05, 4.69) is 10.1 Å². The largest absolute Gasteiger partial charge is 0.448 e. The van der Waals surface area contributed by atoms with Crippen molar-refractivity contribution in [3.8, 4) is 0 Å². The standard InChI is InChI=1S/C9H18N2O3/c1-9(2)6(5-7(9)12)11-3-4-14-8(10)13/h6-7,11-12H,3-5H2,1-2H3,(H2,10,13). The zero-order valence-corrected chi connectivity index (χ0v) is 8.62. The number of hydrogen-bond acceptors (Lipinski definition) is 4. The molecule has 0 aromatic rings. The zero-order chi connectivity index (χ0) is 10.8. The van der Waals surface area contributed by atoms with Crippen LogP contribution in [0.3, 0.4) is 0 Å². The summed E-state index contributed by atoms with van der Waals surface area (Å²) < 4.78 is 4.57. The van der Waals surface area contributed by atoms with Crippen molar-refractivity contribution in [2.75, 3.05) is 13.2 Å². The summed E-state index contributed by atoms with van der Waals surface area (Å²) in [6.07, 6.45) is -0.236. The molecule has 5 heteroatoms. The molecule has 1 fully saturated rings. The Labute approximate surface area is 83.6 Å². The molecule has 1 amide bonds. The molecule has 0 radical (unpaired) electrons. The Morgan fingerprint density at radius 3 is 2.79 bits per heavy atom. The van der Waals surface area contributed by atoms with E-state index in [-0.39, 0.29) is 24.2 Å². The van der Waals surface area contributed by atoms with Gasteiger partial charge in [0, 0.05) is 18.0 Å². The Morgan fingerprint density at radius 1 is 1.71 bits per heavy atom. The van der Waals surface area contributed by atoms with Gasteiger partial charge in [0.05, 0.1) is 6.10 Å². The third-order valence-electron chi connectivity index (χ3n) is 2.95. The Kier molecular flexibility index (Phi) is 3.34. The maximum atomic E-state index is 10.2. The highest BCUT2D eigenvalue weighted by atomic mass is 16.5. The fourth-order valence-corrected chi connectivity index (χ4v) is 1.63. The van der Waals surface area contributed by atoms with E-state index in [1.165, 1.54) is 0 Å². The van der Waals surface area contributed by atoms with Gasteiger partial charge in [-0.3, -0.25) is 0 Å². The van der Waals surface area contributed by atoms with Crippen molar-refractivity contribution in [1.82, 2.24) is 5.32 Å². The first kappa shape index (κ1) is 11.3. The second kappa shape index (κ2) is 4.14. The Bertz CT molecular complexity index is 218. The van der Waals surface area contributed by atoms with Gasteiger partial charge in [-0.1, -0.05) is 13.8 Å². The van der Waals surface area contributed by atoms with Crippen LogP contribution in [-0.4, -0.2) is 36.5 Å². The van der Waals surface area contributed by atoms with Crippen molar-refractivity contribution in [1.29, 1.82) is 0 Å². The minimum absolute atomic E-state index is 0.0906. The summed E-state index contributed by atoms with van der Waals surface area (Å²) >= 11 is 0. The predicted octanol–water partition coefficient (Wildman–Crippen LogP) is -0.169. The summed E-state index contributed by atoms with van der Waals surface area (Å²) in [5.74, 6) is 0. The van der Waals surface area contributed by atoms with Crippen LogP contribution in [0.4, 0.5) is 4.79 Å². The molecule has 0 aliphatic heterocycles. The third kappa shape index (κ3) is 2.36. The van der Waals surface area contributed by atoms with Gasteiger partial charge in [0.25, 0.3) is 0 Å². The highest BCUT2D eigenvalue weighted by molar-refractivity contribution is 5.64. The van der Waals surface area contributed by atoms with Crippen LogP contribution in [0.25, 0.3) is 0 Å². The van der Waals surface area contributed by atoms with Crippen molar-refractivity contribution in [2.45, 2.75) is 32.4 Å². The zero-order valence-electron chi connectivity index (χ0n) is 8.62. The van der Waals surface area contributed by atoms with Crippen molar-refractivity contribution >= 4 is 6.09 Å². The first-order valence-electron chi connectivity index (χ1n) is 4.78. The molecule has 1 saturated carbocycles. The van der Waals surface area contributed by atoms with Crippen LogP contribution < -0.4 is 11.1 Å². The van der Waals surface area contributed by atoms with E-state index in [0.717, 1.165) is 6.42 Å². The first-order valence-corrected chi connectivity index (χ1v) is 4.78. The summed E-state index contributed by atoms with van der Waals surface area (Å²) in [5.41, 5.74) is 4.71. The topological polar surface area (TPSA) is 84.6 Å². The first-order chi connectivity index (χ1) is 6.44. The molecule has 82 valence electrons. The normalized spacial score (nSPS) is 29.4. The maximum Gasteiger partial charge on any atom is 0.404 e. The van der Waals surface area contributed by atoms with E-state index in [4.69, 9.17) is 5.73 Å². The molecule has 4 N–H and O–H groups in total. The lowest BCUT2D eigenvalue weighted by atomic mass is 9.64. The Morgan fingerprint density at radius 2 is 2.36 bits per heavy atom. The number of nitrogens with one attached hydrogen (secondary N) is 1. The lowest BCUT2D eigenvalue weighted by Gasteiger charge is -2.49. The molecule has 1 aliphatic carbocycles. The van der Waals surface area contributed by atoms with E-state index in [0.29, 0.717) is 6.54 Å². The minimum atomic E-state index is -0.750. The Balaban J connectivity index is 2.12. The van der Waals surface area contributed by atoms with E-state index >= 15 is 0 Å². The second-order valence-corrected chi connectivity index (χ2v) is 4.25. The Hall–Kier alpha value is -0.810. The molecule has 2 unspecified atom stereocenters. The van der Waals surface area contributed by atoms with Gasteiger partial charge in [0.2, 0.25) is 0 Å². The van der Waals surface area contributed by atoms with Gasteiger partial charge in [-0.25, -0.2) is 4.79 Å². The van der Waals surface area contributed by atoms with Crippen molar-refractivity contribution in [3.63, 3.8) is 0 Å². The van der Waals surface area contributed by atoms with Crippen LogP contribution in [0.1, 0.15) is 20.3 Å². The van der Waals surface area contributed by atoms with Crippen LogP contribution in [0, 0.1) is 5.41 Å². The molecular formula is C9H18N2O3. The number of nitrogens with two attached hydrogens (primary N) is 1. The van der Waals surface area contributed by atoms with E-state index < -0.39 is 6.09 Å². The van der Waals surface area contributed by atoms with Crippen LogP contribution in [-0.2, 0) is 4.74 Å². The minimum Gasteiger partial charge on any atom is -0.448 e. The highest BCUT2D eigenvalue weighted by Crippen LogP contribution is 2.40. The molecule has 1 aliphatic rings. The number of aliphatic hydroxyl groups excluding tert-OH is 1. The monoisotopic (exact) mass is 202 g/mol. The smallest absolute Gasteiger partial charge is 0.404 e. The number of carbonyl (C=O) groups excluding carboxylic acids is 1. The molecule has 0 heterocycles. The van der Waals surface area contributed by atoms with Gasteiger partial charge in [0.1, 0.15) is 6.61 Å². The molecule has 0 spiro atoms. The number of primary amides is 1. The molecule has 14 heavy (non-hydrogen) atoms. The van der Waals surface area contributed by atoms with Gasteiger partial charge >= 0.3 is 6.09 Å². The summed E-state index contributed by atoms with van der Waals surface area (Å²) in [7, 11) is 0. The number of rotatable bonds is 4. The molecule has 0 bridgehead atoms. The van der Waals surface area contributed by atoms with Gasteiger partial charge in [-0.15, -0.1) is 0 Å².